The summed E-state index contributed by atoms with van der Waals surface area (Å²) in [4.78, 5) is 15.9. The number of carbonyl (C=O) groups excluding carboxylic acids is 1. The zero-order valence-electron chi connectivity index (χ0n) is 14.7. The van der Waals surface area contributed by atoms with Gasteiger partial charge in [0.2, 0.25) is 0 Å². The molecule has 0 aliphatic rings. The van der Waals surface area contributed by atoms with Gasteiger partial charge in [-0.2, -0.15) is 0 Å². The summed E-state index contributed by atoms with van der Waals surface area (Å²) in [5.41, 5.74) is 2.63. The molecule has 0 saturated heterocycles. The average molecular weight is 400 g/mol. The Labute approximate surface area is 167 Å². The number of hydrogen-bond donors (Lipinski definition) is 0. The fourth-order valence-corrected chi connectivity index (χ4v) is 3.27. The van der Waals surface area contributed by atoms with Crippen LogP contribution in [0.1, 0.15) is 22.6 Å². The Hall–Kier alpha value is -2.56. The van der Waals surface area contributed by atoms with Crippen molar-refractivity contribution in [3.05, 3.63) is 93.0 Å². The van der Waals surface area contributed by atoms with E-state index in [1.54, 1.807) is 24.4 Å². The molecule has 138 valence electrons. The Kier molecular flexibility index (Phi) is 5.99. The van der Waals surface area contributed by atoms with Gasteiger partial charge in [0, 0.05) is 10.0 Å². The number of benzene rings is 2. The normalized spacial score (nSPS) is 11.6. The zero-order valence-corrected chi connectivity index (χ0v) is 16.2. The number of carbonyl (C=O) groups is 1. The van der Waals surface area contributed by atoms with E-state index in [4.69, 9.17) is 23.2 Å². The number of carboxylic acid groups (broad SMARTS) is 1. The number of rotatable bonds is 6. The lowest BCUT2D eigenvalue weighted by molar-refractivity contribution is -0.299. The molecule has 1 heterocycles. The average Bonchev–Trinajstić information content (AvgIpc) is 2.97. The van der Waals surface area contributed by atoms with Crippen LogP contribution in [-0.4, -0.2) is 15.5 Å². The molecule has 0 radical (unpaired) electrons. The fraction of sp³-hybridized carbons (Fsp3) is 0.143. The third kappa shape index (κ3) is 4.79. The Morgan fingerprint density at radius 3 is 2.59 bits per heavy atom. The third-order valence-corrected chi connectivity index (χ3v) is 4.84. The van der Waals surface area contributed by atoms with Crippen LogP contribution >= 0.6 is 23.2 Å². The first-order chi connectivity index (χ1) is 12.9. The van der Waals surface area contributed by atoms with Crippen molar-refractivity contribution in [1.82, 2.24) is 9.55 Å². The highest BCUT2D eigenvalue weighted by Gasteiger charge is 2.10. The molecule has 0 atom stereocenters. The van der Waals surface area contributed by atoms with Gasteiger partial charge in [0.1, 0.15) is 5.82 Å². The lowest BCUT2D eigenvalue weighted by atomic mass is 10.0. The van der Waals surface area contributed by atoms with E-state index in [-0.39, 0.29) is 12.0 Å². The molecule has 27 heavy (non-hydrogen) atoms. The van der Waals surface area contributed by atoms with Crippen LogP contribution in [0.25, 0.3) is 6.08 Å². The predicted molar refractivity (Wildman–Crippen MR) is 106 cm³/mol. The first-order valence-electron chi connectivity index (χ1n) is 8.36. The summed E-state index contributed by atoms with van der Waals surface area (Å²) in [5, 5.41) is 12.7. The largest absolute Gasteiger partial charge is 0.545 e. The Balaban J connectivity index is 1.94. The summed E-state index contributed by atoms with van der Waals surface area (Å²) < 4.78 is 1.91. The van der Waals surface area contributed by atoms with Crippen molar-refractivity contribution < 1.29 is 9.90 Å². The first kappa shape index (κ1) is 19.2. The molecule has 0 aliphatic heterocycles. The SMILES string of the molecule is Cc1ncc(/C=C(\Cc2ccccc2)C(=O)[O-])n1Cc1ccc(Cl)cc1Cl. The molecule has 0 amide bonds. The van der Waals surface area contributed by atoms with Gasteiger partial charge in [0.05, 0.1) is 24.4 Å². The van der Waals surface area contributed by atoms with Gasteiger partial charge >= 0.3 is 0 Å². The van der Waals surface area contributed by atoms with Gasteiger partial charge in [0.15, 0.2) is 0 Å². The second-order valence-electron chi connectivity index (χ2n) is 6.17. The topological polar surface area (TPSA) is 57.9 Å². The molecule has 4 nitrogen and oxygen atoms in total. The number of halogens is 2. The highest BCUT2D eigenvalue weighted by Crippen LogP contribution is 2.23. The van der Waals surface area contributed by atoms with Crippen LogP contribution < -0.4 is 5.11 Å². The number of aliphatic carboxylic acids is 1. The standard InChI is InChI=1S/C21H18Cl2N2O2/c1-14-24-12-19(25(14)13-16-7-8-18(22)11-20(16)23)10-17(21(26)27)9-15-5-3-2-4-6-15/h2-8,10-12H,9,13H2,1H3,(H,26,27)/p-1/b17-10+. The molecule has 2 aromatic carbocycles. The zero-order chi connectivity index (χ0) is 19.4. The fourth-order valence-electron chi connectivity index (χ4n) is 2.80. The molecule has 3 rings (SSSR count). The maximum absolute atomic E-state index is 11.6. The predicted octanol–water partition coefficient (Wildman–Crippen LogP) is 3.92. The van der Waals surface area contributed by atoms with Gasteiger partial charge in [-0.1, -0.05) is 59.6 Å². The van der Waals surface area contributed by atoms with Crippen molar-refractivity contribution in [2.45, 2.75) is 19.9 Å². The summed E-state index contributed by atoms with van der Waals surface area (Å²) >= 11 is 12.2. The van der Waals surface area contributed by atoms with Crippen LogP contribution in [-0.2, 0) is 17.8 Å². The minimum absolute atomic E-state index is 0.185. The Bertz CT molecular complexity index is 995. The number of aryl methyl sites for hydroxylation is 1. The second kappa shape index (κ2) is 8.42. The molecule has 3 aromatic rings. The molecule has 0 aliphatic carbocycles. The van der Waals surface area contributed by atoms with Gasteiger partial charge in [-0.05, 0) is 48.3 Å². The first-order valence-corrected chi connectivity index (χ1v) is 9.11. The maximum atomic E-state index is 11.6. The lowest BCUT2D eigenvalue weighted by Crippen LogP contribution is -2.25. The number of nitrogens with zero attached hydrogens (tertiary/aromatic N) is 2. The van der Waals surface area contributed by atoms with Crippen LogP contribution in [0.3, 0.4) is 0 Å². The number of imidazole rings is 1. The van der Waals surface area contributed by atoms with E-state index < -0.39 is 5.97 Å². The second-order valence-corrected chi connectivity index (χ2v) is 7.02. The quantitative estimate of drug-likeness (QED) is 0.590. The van der Waals surface area contributed by atoms with E-state index in [1.807, 2.05) is 47.9 Å². The van der Waals surface area contributed by atoms with E-state index in [1.165, 1.54) is 0 Å². The maximum Gasteiger partial charge on any atom is 0.106 e. The number of aromatic nitrogens is 2. The van der Waals surface area contributed by atoms with Crippen LogP contribution in [0, 0.1) is 6.92 Å². The number of carboxylic acids is 1. The van der Waals surface area contributed by atoms with Crippen molar-refractivity contribution in [2.75, 3.05) is 0 Å². The van der Waals surface area contributed by atoms with Crippen LogP contribution in [0.4, 0.5) is 0 Å². The van der Waals surface area contributed by atoms with E-state index >= 15 is 0 Å². The monoisotopic (exact) mass is 399 g/mol. The molecule has 6 heteroatoms. The van der Waals surface area contributed by atoms with Crippen LogP contribution in [0.2, 0.25) is 10.0 Å². The minimum atomic E-state index is -1.20. The van der Waals surface area contributed by atoms with Crippen LogP contribution in [0.5, 0.6) is 0 Å². The van der Waals surface area contributed by atoms with Crippen molar-refractivity contribution >= 4 is 35.2 Å². The minimum Gasteiger partial charge on any atom is -0.545 e. The number of hydrogen-bond acceptors (Lipinski definition) is 3. The van der Waals surface area contributed by atoms with Gasteiger partial charge in [-0.15, -0.1) is 0 Å². The molecule has 0 saturated carbocycles. The summed E-state index contributed by atoms with van der Waals surface area (Å²) in [6, 6.07) is 14.7. The van der Waals surface area contributed by atoms with Crippen molar-refractivity contribution in [3.63, 3.8) is 0 Å². The van der Waals surface area contributed by atoms with Crippen molar-refractivity contribution in [1.29, 1.82) is 0 Å². The molecule has 0 bridgehead atoms. The molecular weight excluding hydrogens is 383 g/mol. The molecule has 0 N–H and O–H groups in total. The summed E-state index contributed by atoms with van der Waals surface area (Å²) in [6.45, 7) is 2.32. The lowest BCUT2D eigenvalue weighted by Gasteiger charge is -2.13. The molecule has 0 unspecified atom stereocenters. The molecule has 0 fully saturated rings. The van der Waals surface area contributed by atoms with E-state index in [0.29, 0.717) is 22.3 Å². The summed E-state index contributed by atoms with van der Waals surface area (Å²) in [5.74, 6) is -0.446. The van der Waals surface area contributed by atoms with E-state index in [2.05, 4.69) is 4.98 Å². The molecule has 0 spiro atoms. The van der Waals surface area contributed by atoms with Crippen LogP contribution in [0.15, 0.2) is 60.3 Å². The molecular formula is C21H17Cl2N2O2-. The van der Waals surface area contributed by atoms with Crippen molar-refractivity contribution in [3.8, 4) is 0 Å². The van der Waals surface area contributed by atoms with E-state index in [9.17, 15) is 9.90 Å². The smallest absolute Gasteiger partial charge is 0.106 e. The van der Waals surface area contributed by atoms with Gasteiger partial charge in [0.25, 0.3) is 0 Å². The highest BCUT2D eigenvalue weighted by molar-refractivity contribution is 6.35. The van der Waals surface area contributed by atoms with Crippen molar-refractivity contribution in [2.24, 2.45) is 0 Å². The highest BCUT2D eigenvalue weighted by atomic mass is 35.5. The summed E-state index contributed by atoms with van der Waals surface area (Å²) in [7, 11) is 0. The Morgan fingerprint density at radius 1 is 1.19 bits per heavy atom. The van der Waals surface area contributed by atoms with E-state index in [0.717, 1.165) is 17.0 Å². The van der Waals surface area contributed by atoms with Gasteiger partial charge in [-0.3, -0.25) is 0 Å². The Morgan fingerprint density at radius 2 is 1.93 bits per heavy atom. The van der Waals surface area contributed by atoms with Gasteiger partial charge < -0.3 is 14.5 Å². The summed E-state index contributed by atoms with van der Waals surface area (Å²) in [6.07, 6.45) is 3.52. The molecule has 1 aromatic heterocycles. The van der Waals surface area contributed by atoms with Gasteiger partial charge in [-0.25, -0.2) is 4.98 Å². The third-order valence-electron chi connectivity index (χ3n) is 4.25.